The Hall–Kier alpha value is -3.09. The Morgan fingerprint density at radius 2 is 1.68 bits per heavy atom. The van der Waals surface area contributed by atoms with E-state index in [9.17, 15) is 14.4 Å². The van der Waals surface area contributed by atoms with Crippen molar-refractivity contribution >= 4 is 17.7 Å². The number of carbonyl (C=O) groups is 3. The van der Waals surface area contributed by atoms with E-state index < -0.39 is 12.0 Å². The molecule has 2 rings (SSSR count). The Labute approximate surface area is 183 Å². The van der Waals surface area contributed by atoms with E-state index in [4.69, 9.17) is 9.47 Å². The minimum Gasteiger partial charge on any atom is -0.497 e. The zero-order chi connectivity index (χ0) is 23.3. The lowest BCUT2D eigenvalue weighted by Crippen LogP contribution is -2.43. The van der Waals surface area contributed by atoms with Gasteiger partial charge in [-0.15, -0.1) is 0 Å². The highest BCUT2D eigenvalue weighted by atomic mass is 16.5. The fraction of sp³-hybridized carbons (Fsp3) is 0.458. The quantitative estimate of drug-likeness (QED) is 0.445. The molecule has 0 N–H and O–H groups in total. The first-order valence-corrected chi connectivity index (χ1v) is 10.6. The highest BCUT2D eigenvalue weighted by Gasteiger charge is 2.32. The lowest BCUT2D eigenvalue weighted by Gasteiger charge is -2.27. The van der Waals surface area contributed by atoms with Crippen LogP contribution in [-0.2, 0) is 11.3 Å². The smallest absolute Gasteiger partial charge is 0.355 e. The summed E-state index contributed by atoms with van der Waals surface area (Å²) >= 11 is 0. The van der Waals surface area contributed by atoms with Gasteiger partial charge < -0.3 is 18.9 Å². The molecule has 168 valence electrons. The van der Waals surface area contributed by atoms with E-state index in [1.807, 2.05) is 20.8 Å². The number of benzene rings is 1. The fourth-order valence-electron chi connectivity index (χ4n) is 3.96. The van der Waals surface area contributed by atoms with Gasteiger partial charge in [-0.05, 0) is 71.4 Å². The number of ether oxygens (including phenoxy) is 2. The predicted octanol–water partition coefficient (Wildman–Crippen LogP) is 4.04. The van der Waals surface area contributed by atoms with Gasteiger partial charge in [0.2, 0.25) is 0 Å². The molecule has 0 radical (unpaired) electrons. The third-order valence-electron chi connectivity index (χ3n) is 5.58. The van der Waals surface area contributed by atoms with E-state index >= 15 is 0 Å². The second kappa shape index (κ2) is 10.3. The number of Topliss-reactive ketones (excluding diaryl/α,β-unsaturated/α-hetero) is 1. The average molecular weight is 429 g/mol. The molecule has 1 amide bonds. The molecular weight excluding hydrogens is 396 g/mol. The van der Waals surface area contributed by atoms with Crippen molar-refractivity contribution in [3.8, 4) is 5.75 Å². The molecule has 1 atom stereocenters. The van der Waals surface area contributed by atoms with Crippen LogP contribution >= 0.6 is 0 Å². The zero-order valence-corrected chi connectivity index (χ0v) is 19.4. The number of ketones is 1. The number of carbonyl (C=O) groups excluding carboxylic acids is 3. The number of aromatic nitrogens is 1. The van der Waals surface area contributed by atoms with Crippen LogP contribution in [0.2, 0.25) is 0 Å². The minimum atomic E-state index is -0.695. The van der Waals surface area contributed by atoms with Gasteiger partial charge in [-0.2, -0.15) is 0 Å². The maximum atomic E-state index is 13.5. The summed E-state index contributed by atoms with van der Waals surface area (Å²) in [5.41, 5.74) is 2.63. The number of hydrogen-bond acceptors (Lipinski definition) is 5. The molecule has 0 aliphatic rings. The van der Waals surface area contributed by atoms with Crippen molar-refractivity contribution < 1.29 is 23.9 Å². The summed E-state index contributed by atoms with van der Waals surface area (Å²) in [6.45, 7) is 12.0. The molecule has 2 aromatic rings. The van der Waals surface area contributed by atoms with E-state index in [0.717, 1.165) is 0 Å². The van der Waals surface area contributed by atoms with Gasteiger partial charge in [0, 0.05) is 29.9 Å². The lowest BCUT2D eigenvalue weighted by molar-refractivity contribution is 0.0512. The van der Waals surface area contributed by atoms with Crippen LogP contribution in [0.5, 0.6) is 5.75 Å². The van der Waals surface area contributed by atoms with Crippen LogP contribution < -0.4 is 4.74 Å². The molecule has 1 unspecified atom stereocenters. The van der Waals surface area contributed by atoms with E-state index in [2.05, 4.69) is 0 Å². The average Bonchev–Trinajstić information content (AvgIpc) is 3.02. The molecule has 0 bridgehead atoms. The highest BCUT2D eigenvalue weighted by Crippen LogP contribution is 2.26. The molecular formula is C24H32N2O5. The summed E-state index contributed by atoms with van der Waals surface area (Å²) in [5, 5.41) is 0. The van der Waals surface area contributed by atoms with E-state index in [-0.39, 0.29) is 18.3 Å². The summed E-state index contributed by atoms with van der Waals surface area (Å²) < 4.78 is 12.1. The van der Waals surface area contributed by atoms with Crippen LogP contribution in [0.3, 0.4) is 0 Å². The van der Waals surface area contributed by atoms with Gasteiger partial charge in [0.05, 0.1) is 19.8 Å². The van der Waals surface area contributed by atoms with Crippen LogP contribution in [-0.4, -0.2) is 53.4 Å². The maximum absolute atomic E-state index is 13.5. The van der Waals surface area contributed by atoms with Gasteiger partial charge in [0.15, 0.2) is 5.78 Å². The van der Waals surface area contributed by atoms with Gasteiger partial charge in [-0.25, -0.2) is 4.79 Å². The van der Waals surface area contributed by atoms with Gasteiger partial charge in [0.1, 0.15) is 11.4 Å². The van der Waals surface area contributed by atoms with Crippen molar-refractivity contribution in [1.82, 2.24) is 9.47 Å². The highest BCUT2D eigenvalue weighted by molar-refractivity contribution is 6.07. The van der Waals surface area contributed by atoms with Crippen LogP contribution in [0.4, 0.5) is 0 Å². The Morgan fingerprint density at radius 1 is 1.06 bits per heavy atom. The molecule has 7 heteroatoms. The standard InChI is InChI=1S/C24H32N2O5/c1-8-25-16(5)20(15(4)21(25)24(29)31-10-3)22(27)17(6)26(9-2)23(28)18-11-13-19(30-7)14-12-18/h11-14,17H,8-10H2,1-7H3. The number of amides is 1. The molecule has 0 aliphatic carbocycles. The Bertz CT molecular complexity index is 959. The second-order valence-electron chi connectivity index (χ2n) is 7.26. The number of likely N-dealkylation sites (N-methyl/N-ethyl adjacent to an activating group) is 1. The minimum absolute atomic E-state index is 0.198. The van der Waals surface area contributed by atoms with Crippen molar-refractivity contribution in [3.05, 3.63) is 52.3 Å². The van der Waals surface area contributed by atoms with Gasteiger partial charge in [-0.3, -0.25) is 9.59 Å². The number of methoxy groups -OCH3 is 1. The summed E-state index contributed by atoms with van der Waals surface area (Å²) in [7, 11) is 1.56. The first-order valence-electron chi connectivity index (χ1n) is 10.6. The zero-order valence-electron chi connectivity index (χ0n) is 19.4. The molecule has 0 saturated heterocycles. The van der Waals surface area contributed by atoms with Crippen LogP contribution in [0.1, 0.15) is 70.2 Å². The first-order chi connectivity index (χ1) is 14.7. The van der Waals surface area contributed by atoms with Crippen molar-refractivity contribution in [2.24, 2.45) is 0 Å². The topological polar surface area (TPSA) is 77.8 Å². The van der Waals surface area contributed by atoms with Crippen molar-refractivity contribution in [2.75, 3.05) is 20.3 Å². The van der Waals surface area contributed by atoms with Gasteiger partial charge in [-0.1, -0.05) is 0 Å². The number of rotatable bonds is 9. The molecule has 0 spiro atoms. The normalized spacial score (nSPS) is 11.7. The van der Waals surface area contributed by atoms with Gasteiger partial charge in [0.25, 0.3) is 5.91 Å². The molecule has 1 heterocycles. The van der Waals surface area contributed by atoms with Crippen molar-refractivity contribution in [1.29, 1.82) is 0 Å². The summed E-state index contributed by atoms with van der Waals surface area (Å²) in [4.78, 5) is 40.7. The monoisotopic (exact) mass is 428 g/mol. The Kier molecular flexibility index (Phi) is 8.02. The molecule has 0 saturated carbocycles. The third-order valence-corrected chi connectivity index (χ3v) is 5.58. The SMILES string of the molecule is CCOC(=O)c1c(C)c(C(=O)C(C)N(CC)C(=O)c2ccc(OC)cc2)c(C)n1CC. The van der Waals surface area contributed by atoms with Crippen molar-refractivity contribution in [2.45, 2.75) is 54.1 Å². The van der Waals surface area contributed by atoms with Crippen molar-refractivity contribution in [3.63, 3.8) is 0 Å². The summed E-state index contributed by atoms with van der Waals surface area (Å²) in [5.74, 6) is -0.223. The molecule has 1 aromatic carbocycles. The van der Waals surface area contributed by atoms with Crippen LogP contribution in [0.15, 0.2) is 24.3 Å². The van der Waals surface area contributed by atoms with Crippen LogP contribution in [0.25, 0.3) is 0 Å². The number of hydrogen-bond donors (Lipinski definition) is 0. The Balaban J connectivity index is 2.42. The van der Waals surface area contributed by atoms with E-state index in [1.165, 1.54) is 4.90 Å². The maximum Gasteiger partial charge on any atom is 0.355 e. The van der Waals surface area contributed by atoms with Gasteiger partial charge >= 0.3 is 5.97 Å². The molecule has 0 aliphatic heterocycles. The number of nitrogens with zero attached hydrogens (tertiary/aromatic N) is 2. The van der Waals surface area contributed by atoms with Crippen LogP contribution in [0, 0.1) is 13.8 Å². The molecule has 31 heavy (non-hydrogen) atoms. The Morgan fingerprint density at radius 3 is 2.16 bits per heavy atom. The lowest BCUT2D eigenvalue weighted by atomic mass is 9.99. The molecule has 7 nitrogen and oxygen atoms in total. The molecule has 1 aromatic heterocycles. The summed E-state index contributed by atoms with van der Waals surface area (Å²) in [6.07, 6.45) is 0. The van der Waals surface area contributed by atoms with E-state index in [1.54, 1.807) is 56.7 Å². The largest absolute Gasteiger partial charge is 0.497 e. The second-order valence-corrected chi connectivity index (χ2v) is 7.26. The fourth-order valence-corrected chi connectivity index (χ4v) is 3.96. The third kappa shape index (κ3) is 4.65. The molecule has 0 fully saturated rings. The summed E-state index contributed by atoms with van der Waals surface area (Å²) in [6, 6.07) is 6.11. The number of esters is 1. The first kappa shape index (κ1) is 24.2. The predicted molar refractivity (Wildman–Crippen MR) is 119 cm³/mol. The van der Waals surface area contributed by atoms with E-state index in [0.29, 0.717) is 46.9 Å².